The normalized spacial score (nSPS) is 11.8. The summed E-state index contributed by atoms with van der Waals surface area (Å²) in [4.78, 5) is 2.42. The van der Waals surface area contributed by atoms with Crippen LogP contribution in [0.25, 0.3) is 51.1 Å². The molecule has 0 fully saturated rings. The van der Waals surface area contributed by atoms with Gasteiger partial charge in [-0.05, 0) is 59.3 Å². The first-order valence-electron chi connectivity index (χ1n) is 12.4. The fourth-order valence-corrected chi connectivity index (χ4v) is 8.03. The predicted molar refractivity (Wildman–Crippen MR) is 164 cm³/mol. The van der Waals surface area contributed by atoms with Gasteiger partial charge in [0.05, 0.1) is 5.69 Å². The maximum Gasteiger partial charge on any atom is 0.0555 e. The second-order valence-electron chi connectivity index (χ2n) is 9.37. The molecule has 0 unspecified atom stereocenters. The van der Waals surface area contributed by atoms with E-state index in [-0.39, 0.29) is 0 Å². The summed E-state index contributed by atoms with van der Waals surface area (Å²) in [6, 6.07) is 46.3. The third-order valence-electron chi connectivity index (χ3n) is 7.23. The Bertz CT molecular complexity index is 2100. The van der Waals surface area contributed by atoms with E-state index in [2.05, 4.69) is 132 Å². The largest absolute Gasteiger partial charge is 0.310 e. The molecule has 0 atom stereocenters. The number of hydrogen-bond donors (Lipinski definition) is 0. The first-order chi connectivity index (χ1) is 18.3. The third-order valence-corrected chi connectivity index (χ3v) is 9.55. The van der Waals surface area contributed by atoms with Gasteiger partial charge in [0.1, 0.15) is 0 Å². The van der Waals surface area contributed by atoms with Crippen LogP contribution in [0, 0.1) is 0 Å². The van der Waals surface area contributed by atoms with Gasteiger partial charge in [-0.1, -0.05) is 78.9 Å². The molecule has 174 valence electrons. The molecule has 37 heavy (non-hydrogen) atoms. The highest BCUT2D eigenvalue weighted by Gasteiger charge is 2.20. The molecule has 2 aromatic heterocycles. The lowest BCUT2D eigenvalue weighted by atomic mass is 10.0. The van der Waals surface area contributed by atoms with Crippen molar-refractivity contribution in [2.24, 2.45) is 0 Å². The second-order valence-corrected chi connectivity index (χ2v) is 11.5. The van der Waals surface area contributed by atoms with E-state index in [1.54, 1.807) is 0 Å². The van der Waals surface area contributed by atoms with Gasteiger partial charge in [0.25, 0.3) is 0 Å². The Balaban J connectivity index is 1.49. The van der Waals surface area contributed by atoms with E-state index in [1.807, 2.05) is 22.7 Å². The summed E-state index contributed by atoms with van der Waals surface area (Å²) in [6.45, 7) is 0. The second kappa shape index (κ2) is 8.17. The van der Waals surface area contributed by atoms with Crippen LogP contribution in [0.15, 0.2) is 127 Å². The number of benzene rings is 6. The first kappa shape index (κ1) is 21.0. The Morgan fingerprint density at radius 1 is 0.432 bits per heavy atom. The van der Waals surface area contributed by atoms with E-state index in [4.69, 9.17) is 0 Å². The molecular formula is C34H21NS2. The fourth-order valence-electron chi connectivity index (χ4n) is 5.57. The van der Waals surface area contributed by atoms with Gasteiger partial charge in [-0.2, -0.15) is 0 Å². The van der Waals surface area contributed by atoms with Crippen molar-refractivity contribution in [3.05, 3.63) is 127 Å². The number of rotatable bonds is 3. The molecule has 8 aromatic rings. The Morgan fingerprint density at radius 2 is 1.19 bits per heavy atom. The van der Waals surface area contributed by atoms with Gasteiger partial charge in [-0.15, -0.1) is 22.7 Å². The maximum atomic E-state index is 2.42. The van der Waals surface area contributed by atoms with Gasteiger partial charge in [0.2, 0.25) is 0 Å². The number of hydrogen-bond acceptors (Lipinski definition) is 3. The zero-order valence-electron chi connectivity index (χ0n) is 19.9. The molecule has 0 saturated carbocycles. The van der Waals surface area contributed by atoms with Gasteiger partial charge >= 0.3 is 0 Å². The molecule has 0 bridgehead atoms. The molecule has 3 heteroatoms. The molecule has 0 aliphatic heterocycles. The minimum absolute atomic E-state index is 1.16. The molecule has 0 N–H and O–H groups in total. The predicted octanol–water partition coefficient (Wildman–Crippen LogP) is 11.0. The summed E-state index contributed by atoms with van der Waals surface area (Å²) in [5.41, 5.74) is 3.54. The molecule has 0 radical (unpaired) electrons. The van der Waals surface area contributed by atoms with Crippen LogP contribution in [-0.4, -0.2) is 0 Å². The van der Waals surface area contributed by atoms with Gasteiger partial charge in [-0.3, -0.25) is 0 Å². The van der Waals surface area contributed by atoms with Crippen LogP contribution in [0.3, 0.4) is 0 Å². The van der Waals surface area contributed by atoms with Crippen LogP contribution in [0.4, 0.5) is 17.1 Å². The Labute approximate surface area is 222 Å². The zero-order valence-corrected chi connectivity index (χ0v) is 21.5. The van der Waals surface area contributed by atoms with E-state index in [0.29, 0.717) is 0 Å². The molecule has 1 nitrogen and oxygen atoms in total. The highest BCUT2D eigenvalue weighted by atomic mass is 32.1. The molecule has 6 aromatic carbocycles. The number of thiophene rings is 2. The molecule has 0 spiro atoms. The van der Waals surface area contributed by atoms with Crippen LogP contribution >= 0.6 is 22.7 Å². The highest BCUT2D eigenvalue weighted by molar-refractivity contribution is 7.29. The third kappa shape index (κ3) is 3.21. The van der Waals surface area contributed by atoms with Crippen molar-refractivity contribution in [3.8, 4) is 0 Å². The van der Waals surface area contributed by atoms with E-state index in [0.717, 1.165) is 5.69 Å². The standard InChI is InChI=1S/C34H21NS2/c1-2-11-24(12-3-1)35(25-18-17-22-9-4-5-10-23(22)21-25)28-14-8-16-30-32(28)33-31(36-30)20-19-27-26-13-6-7-15-29(26)37-34(27)33/h1-21H. The topological polar surface area (TPSA) is 3.24 Å². The molecule has 8 rings (SSSR count). The van der Waals surface area contributed by atoms with E-state index in [9.17, 15) is 0 Å². The van der Waals surface area contributed by atoms with Crippen molar-refractivity contribution in [1.29, 1.82) is 0 Å². The fraction of sp³-hybridized carbons (Fsp3) is 0. The van der Waals surface area contributed by atoms with E-state index < -0.39 is 0 Å². The van der Waals surface area contributed by atoms with Gasteiger partial charge < -0.3 is 4.90 Å². The van der Waals surface area contributed by atoms with Gasteiger partial charge in [0.15, 0.2) is 0 Å². The number of fused-ring (bicyclic) bond motifs is 8. The lowest BCUT2D eigenvalue weighted by Gasteiger charge is -2.26. The molecule has 0 aliphatic rings. The zero-order chi connectivity index (χ0) is 24.3. The number of anilines is 3. The smallest absolute Gasteiger partial charge is 0.0555 e. The van der Waals surface area contributed by atoms with Crippen LogP contribution < -0.4 is 4.90 Å². The van der Waals surface area contributed by atoms with Crippen LogP contribution in [0.5, 0.6) is 0 Å². The summed E-state index contributed by atoms with van der Waals surface area (Å²) in [5.74, 6) is 0. The van der Waals surface area contributed by atoms with Gasteiger partial charge in [-0.25, -0.2) is 0 Å². The van der Waals surface area contributed by atoms with Crippen molar-refractivity contribution in [1.82, 2.24) is 0 Å². The minimum Gasteiger partial charge on any atom is -0.310 e. The Morgan fingerprint density at radius 3 is 2.11 bits per heavy atom. The lowest BCUT2D eigenvalue weighted by molar-refractivity contribution is 1.31. The van der Waals surface area contributed by atoms with Crippen LogP contribution in [0.1, 0.15) is 0 Å². The summed E-state index contributed by atoms with van der Waals surface area (Å²) >= 11 is 3.80. The van der Waals surface area contributed by atoms with Crippen molar-refractivity contribution < 1.29 is 0 Å². The van der Waals surface area contributed by atoms with Crippen molar-refractivity contribution in [3.63, 3.8) is 0 Å². The maximum absolute atomic E-state index is 2.42. The van der Waals surface area contributed by atoms with E-state index >= 15 is 0 Å². The van der Waals surface area contributed by atoms with Gasteiger partial charge in [0, 0.05) is 51.7 Å². The molecular weight excluding hydrogens is 487 g/mol. The summed E-state index contributed by atoms with van der Waals surface area (Å²) < 4.78 is 5.38. The minimum atomic E-state index is 1.16. The molecule has 2 heterocycles. The summed E-state index contributed by atoms with van der Waals surface area (Å²) in [6.07, 6.45) is 0. The average Bonchev–Trinajstić information content (AvgIpc) is 3.52. The average molecular weight is 508 g/mol. The molecule has 0 saturated heterocycles. The monoisotopic (exact) mass is 507 g/mol. The molecule has 0 aliphatic carbocycles. The first-order valence-corrected chi connectivity index (χ1v) is 14.1. The van der Waals surface area contributed by atoms with Crippen molar-refractivity contribution in [2.45, 2.75) is 0 Å². The number of nitrogens with zero attached hydrogens (tertiary/aromatic N) is 1. The summed E-state index contributed by atoms with van der Waals surface area (Å²) in [5, 5.41) is 7.89. The SMILES string of the molecule is c1ccc(N(c2ccc3ccccc3c2)c2cccc3sc4ccc5c6ccccc6sc5c4c23)cc1. The van der Waals surface area contributed by atoms with E-state index in [1.165, 1.54) is 62.5 Å². The Hall–Kier alpha value is -4.18. The van der Waals surface area contributed by atoms with Crippen molar-refractivity contribution in [2.75, 3.05) is 4.90 Å². The number of para-hydroxylation sites is 1. The van der Waals surface area contributed by atoms with Crippen LogP contribution in [-0.2, 0) is 0 Å². The molecule has 0 amide bonds. The quantitative estimate of drug-likeness (QED) is 0.230. The summed E-state index contributed by atoms with van der Waals surface area (Å²) in [7, 11) is 0. The Kier molecular flexibility index (Phi) is 4.63. The highest BCUT2D eigenvalue weighted by Crippen LogP contribution is 2.49. The van der Waals surface area contributed by atoms with Crippen LogP contribution in [0.2, 0.25) is 0 Å². The van der Waals surface area contributed by atoms with Crippen molar-refractivity contribution >= 4 is 90.9 Å². The lowest BCUT2D eigenvalue weighted by Crippen LogP contribution is -2.10.